The van der Waals surface area contributed by atoms with Gasteiger partial charge in [-0.3, -0.25) is 4.98 Å². The highest BCUT2D eigenvalue weighted by Crippen LogP contribution is 2.34. The van der Waals surface area contributed by atoms with Gasteiger partial charge >= 0.3 is 0 Å². The number of nitrogens with zero attached hydrogens (tertiary/aromatic N) is 3. The van der Waals surface area contributed by atoms with E-state index in [1.165, 1.54) is 8.61 Å². The summed E-state index contributed by atoms with van der Waals surface area (Å²) >= 11 is 6.24. The molecule has 35 heavy (non-hydrogen) atoms. The van der Waals surface area contributed by atoms with Gasteiger partial charge in [0.15, 0.2) is 0 Å². The maximum atomic E-state index is 13.4. The van der Waals surface area contributed by atoms with Gasteiger partial charge in [0.1, 0.15) is 16.7 Å². The summed E-state index contributed by atoms with van der Waals surface area (Å²) in [7, 11) is -7.16. The van der Waals surface area contributed by atoms with E-state index in [9.17, 15) is 16.8 Å². The Labute approximate surface area is 213 Å². The average molecular weight is 542 g/mol. The van der Waals surface area contributed by atoms with Crippen molar-refractivity contribution in [3.63, 3.8) is 0 Å². The molecule has 2 aliphatic heterocycles. The Bertz CT molecular complexity index is 1200. The molecule has 11 heteroatoms. The summed E-state index contributed by atoms with van der Waals surface area (Å²) in [5, 5.41) is 0.217. The molecule has 0 saturated carbocycles. The standard InChI is InChI=1S/C24H32ClN3O5S2/c1-19-5-2-8-23(25)24(19)35(31,32)28-15-3-6-20(28)7-4-18-34(29,30)27-16-11-22(12-17-27)33-21-9-13-26-14-10-21/h2,5,8-10,13-14,20,22H,3-4,6-7,11-12,15-18H2,1H3/t20-/m0/s1. The van der Waals surface area contributed by atoms with E-state index in [4.69, 9.17) is 16.3 Å². The number of aryl methyl sites for hydroxylation is 1. The van der Waals surface area contributed by atoms with Crippen molar-refractivity contribution in [2.24, 2.45) is 0 Å². The minimum absolute atomic E-state index is 0.0123. The Morgan fingerprint density at radius 3 is 2.43 bits per heavy atom. The molecule has 0 unspecified atom stereocenters. The largest absolute Gasteiger partial charge is 0.490 e. The molecule has 0 aliphatic carbocycles. The average Bonchev–Trinajstić information content (AvgIpc) is 3.29. The van der Waals surface area contributed by atoms with Crippen LogP contribution in [0.15, 0.2) is 47.6 Å². The lowest BCUT2D eigenvalue weighted by Crippen LogP contribution is -2.43. The second-order valence-electron chi connectivity index (χ2n) is 9.16. The van der Waals surface area contributed by atoms with Crippen LogP contribution in [0.2, 0.25) is 5.02 Å². The molecule has 0 N–H and O–H groups in total. The van der Waals surface area contributed by atoms with E-state index in [1.54, 1.807) is 49.6 Å². The zero-order chi connectivity index (χ0) is 25.1. The van der Waals surface area contributed by atoms with Crippen molar-refractivity contribution in [3.05, 3.63) is 53.3 Å². The maximum absolute atomic E-state index is 13.4. The van der Waals surface area contributed by atoms with Crippen molar-refractivity contribution in [1.29, 1.82) is 0 Å². The molecule has 2 aliphatic rings. The van der Waals surface area contributed by atoms with Gasteiger partial charge in [0, 0.05) is 38.1 Å². The summed E-state index contributed by atoms with van der Waals surface area (Å²) in [5.41, 5.74) is 0.613. The first-order valence-electron chi connectivity index (χ1n) is 12.0. The van der Waals surface area contributed by atoms with Gasteiger partial charge in [-0.05, 0) is 69.2 Å². The smallest absolute Gasteiger partial charge is 0.245 e. The fraction of sp³-hybridized carbons (Fsp3) is 0.542. The van der Waals surface area contributed by atoms with Gasteiger partial charge in [-0.2, -0.15) is 4.31 Å². The Balaban J connectivity index is 1.30. The zero-order valence-corrected chi connectivity index (χ0v) is 22.2. The van der Waals surface area contributed by atoms with E-state index < -0.39 is 20.0 Å². The molecule has 0 bridgehead atoms. The summed E-state index contributed by atoms with van der Waals surface area (Å²) in [5.74, 6) is 0.752. The van der Waals surface area contributed by atoms with Crippen LogP contribution in [-0.4, -0.2) is 68.0 Å². The molecule has 4 rings (SSSR count). The van der Waals surface area contributed by atoms with E-state index in [0.717, 1.165) is 18.6 Å². The summed E-state index contributed by atoms with van der Waals surface area (Å²) in [4.78, 5) is 4.12. The van der Waals surface area contributed by atoms with Crippen LogP contribution in [0.3, 0.4) is 0 Å². The third kappa shape index (κ3) is 6.17. The van der Waals surface area contributed by atoms with Crippen LogP contribution in [0.4, 0.5) is 0 Å². The Morgan fingerprint density at radius 2 is 1.74 bits per heavy atom. The fourth-order valence-electron chi connectivity index (χ4n) is 4.94. The molecule has 0 spiro atoms. The van der Waals surface area contributed by atoms with E-state index in [-0.39, 0.29) is 27.8 Å². The molecule has 8 nitrogen and oxygen atoms in total. The van der Waals surface area contributed by atoms with Crippen molar-refractivity contribution in [1.82, 2.24) is 13.6 Å². The minimum Gasteiger partial charge on any atom is -0.490 e. The monoisotopic (exact) mass is 541 g/mol. The summed E-state index contributed by atoms with van der Waals surface area (Å²) in [6.07, 6.45) is 6.97. The third-order valence-corrected chi connectivity index (χ3v) is 11.3. The van der Waals surface area contributed by atoms with Gasteiger partial charge in [0.05, 0.1) is 10.8 Å². The van der Waals surface area contributed by atoms with Crippen LogP contribution in [0, 0.1) is 6.92 Å². The molecule has 2 aromatic rings. The van der Waals surface area contributed by atoms with Crippen molar-refractivity contribution in [2.75, 3.05) is 25.4 Å². The lowest BCUT2D eigenvalue weighted by molar-refractivity contribution is 0.135. The lowest BCUT2D eigenvalue weighted by atomic mass is 10.1. The van der Waals surface area contributed by atoms with E-state index in [0.29, 0.717) is 50.9 Å². The molecule has 0 amide bonds. The number of aromatic nitrogens is 1. The summed E-state index contributed by atoms with van der Waals surface area (Å²) in [6.45, 7) is 3.01. The predicted octanol–water partition coefficient (Wildman–Crippen LogP) is 3.85. The van der Waals surface area contributed by atoms with Crippen molar-refractivity contribution >= 4 is 31.6 Å². The molecule has 192 valence electrons. The van der Waals surface area contributed by atoms with E-state index in [2.05, 4.69) is 4.98 Å². The van der Waals surface area contributed by atoms with E-state index in [1.807, 2.05) is 0 Å². The number of rotatable bonds is 9. The van der Waals surface area contributed by atoms with Gasteiger partial charge in [-0.15, -0.1) is 0 Å². The number of halogens is 1. The van der Waals surface area contributed by atoms with Crippen LogP contribution in [0.25, 0.3) is 0 Å². The SMILES string of the molecule is Cc1cccc(Cl)c1S(=O)(=O)N1CCC[C@H]1CCCS(=O)(=O)N1CCC(Oc2ccncc2)CC1. The van der Waals surface area contributed by atoms with Crippen molar-refractivity contribution < 1.29 is 21.6 Å². The molecule has 3 heterocycles. The maximum Gasteiger partial charge on any atom is 0.245 e. The number of benzene rings is 1. The highest BCUT2D eigenvalue weighted by Gasteiger charge is 2.37. The first-order chi connectivity index (χ1) is 16.7. The van der Waals surface area contributed by atoms with E-state index >= 15 is 0 Å². The zero-order valence-electron chi connectivity index (χ0n) is 19.8. The Hall–Kier alpha value is -1.72. The molecule has 2 saturated heterocycles. The van der Waals surface area contributed by atoms with Gasteiger partial charge in [-0.1, -0.05) is 23.7 Å². The molecular weight excluding hydrogens is 510 g/mol. The molecule has 2 fully saturated rings. The topological polar surface area (TPSA) is 96.9 Å². The fourth-order valence-corrected chi connectivity index (χ4v) is 9.01. The van der Waals surface area contributed by atoms with Crippen molar-refractivity contribution in [3.8, 4) is 5.75 Å². The van der Waals surface area contributed by atoms with Gasteiger partial charge in [0.25, 0.3) is 0 Å². The first-order valence-corrected chi connectivity index (χ1v) is 15.4. The predicted molar refractivity (Wildman–Crippen MR) is 136 cm³/mol. The summed E-state index contributed by atoms with van der Waals surface area (Å²) in [6, 6.07) is 8.43. The highest BCUT2D eigenvalue weighted by molar-refractivity contribution is 7.89. The number of ether oxygens (including phenoxy) is 1. The minimum atomic E-state index is -3.74. The second kappa shape index (κ2) is 11.1. The lowest BCUT2D eigenvalue weighted by Gasteiger charge is -2.31. The van der Waals surface area contributed by atoms with Crippen LogP contribution in [0.1, 0.15) is 44.1 Å². The summed E-state index contributed by atoms with van der Waals surface area (Å²) < 4.78 is 61.6. The molecule has 1 aromatic carbocycles. The number of sulfonamides is 2. The number of hydrogen-bond donors (Lipinski definition) is 0. The highest BCUT2D eigenvalue weighted by atomic mass is 35.5. The number of pyridine rings is 1. The third-order valence-electron chi connectivity index (χ3n) is 6.74. The van der Waals surface area contributed by atoms with Crippen LogP contribution in [-0.2, 0) is 20.0 Å². The van der Waals surface area contributed by atoms with Crippen LogP contribution in [0.5, 0.6) is 5.75 Å². The Kier molecular flexibility index (Phi) is 8.38. The quantitative estimate of drug-likeness (QED) is 0.478. The van der Waals surface area contributed by atoms with Gasteiger partial charge < -0.3 is 4.74 Å². The normalized spacial score (nSPS) is 20.8. The van der Waals surface area contributed by atoms with Gasteiger partial charge in [0.2, 0.25) is 20.0 Å². The first kappa shape index (κ1) is 26.3. The second-order valence-corrected chi connectivity index (χ2v) is 13.5. The molecular formula is C24H32ClN3O5S2. The Morgan fingerprint density at radius 1 is 1.03 bits per heavy atom. The molecule has 0 radical (unpaired) electrons. The van der Waals surface area contributed by atoms with Crippen LogP contribution < -0.4 is 4.74 Å². The number of hydrogen-bond acceptors (Lipinski definition) is 6. The van der Waals surface area contributed by atoms with Crippen molar-refractivity contribution in [2.45, 2.75) is 62.5 Å². The molecule has 1 aromatic heterocycles. The van der Waals surface area contributed by atoms with Crippen LogP contribution >= 0.6 is 11.6 Å². The molecule has 1 atom stereocenters. The number of piperidine rings is 1. The van der Waals surface area contributed by atoms with Gasteiger partial charge in [-0.25, -0.2) is 21.1 Å².